The molecule has 19 heavy (non-hydrogen) atoms. The van der Waals surface area contributed by atoms with Crippen molar-refractivity contribution >= 4 is 0 Å². The van der Waals surface area contributed by atoms with E-state index in [1.807, 2.05) is 0 Å². The largest absolute Gasteiger partial charge is 0.306 e. The van der Waals surface area contributed by atoms with E-state index < -0.39 is 0 Å². The summed E-state index contributed by atoms with van der Waals surface area (Å²) in [5, 5.41) is 0. The molecule has 1 saturated carbocycles. The van der Waals surface area contributed by atoms with Crippen molar-refractivity contribution in [1.29, 1.82) is 0 Å². The first kappa shape index (κ1) is 14.6. The third-order valence-electron chi connectivity index (χ3n) is 4.52. The summed E-state index contributed by atoms with van der Waals surface area (Å²) in [5.74, 6) is 1.00. The smallest absolute Gasteiger partial charge is 0.00188 e. The minimum Gasteiger partial charge on any atom is -0.306 e. The van der Waals surface area contributed by atoms with Crippen LogP contribution in [0.1, 0.15) is 50.5 Å². The molecule has 0 unspecified atom stereocenters. The van der Waals surface area contributed by atoms with Gasteiger partial charge in [-0.2, -0.15) is 0 Å². The van der Waals surface area contributed by atoms with E-state index in [0.717, 1.165) is 5.92 Å². The molecular formula is C18H29N. The molecule has 0 saturated heterocycles. The molecule has 0 heterocycles. The van der Waals surface area contributed by atoms with Crippen molar-refractivity contribution in [2.45, 2.75) is 51.4 Å². The number of rotatable bonds is 6. The van der Waals surface area contributed by atoms with Gasteiger partial charge in [0.25, 0.3) is 0 Å². The van der Waals surface area contributed by atoms with E-state index in [4.69, 9.17) is 0 Å². The lowest BCUT2D eigenvalue weighted by atomic mass is 9.96. The van der Waals surface area contributed by atoms with Crippen LogP contribution < -0.4 is 0 Å². The van der Waals surface area contributed by atoms with E-state index in [1.165, 1.54) is 70.0 Å². The van der Waals surface area contributed by atoms with E-state index in [9.17, 15) is 0 Å². The van der Waals surface area contributed by atoms with Crippen LogP contribution in [-0.4, -0.2) is 25.0 Å². The molecular weight excluding hydrogens is 230 g/mol. The Balaban J connectivity index is 1.62. The lowest BCUT2D eigenvalue weighted by molar-refractivity contribution is 0.291. The van der Waals surface area contributed by atoms with Crippen LogP contribution in [0.25, 0.3) is 0 Å². The van der Waals surface area contributed by atoms with Crippen molar-refractivity contribution in [1.82, 2.24) is 4.90 Å². The monoisotopic (exact) mass is 259 g/mol. The Kier molecular flexibility index (Phi) is 6.43. The minimum absolute atomic E-state index is 1.00. The van der Waals surface area contributed by atoms with Gasteiger partial charge in [0.05, 0.1) is 0 Å². The maximum Gasteiger partial charge on any atom is 0.00188 e. The zero-order chi connectivity index (χ0) is 13.3. The summed E-state index contributed by atoms with van der Waals surface area (Å²) in [6.45, 7) is 2.47. The van der Waals surface area contributed by atoms with Gasteiger partial charge in [0.1, 0.15) is 0 Å². The van der Waals surface area contributed by atoms with Crippen LogP contribution in [-0.2, 0) is 6.42 Å². The summed E-state index contributed by atoms with van der Waals surface area (Å²) in [6, 6.07) is 10.8. The maximum atomic E-state index is 2.51. The Morgan fingerprint density at radius 1 is 0.947 bits per heavy atom. The molecule has 1 aliphatic rings. The molecule has 0 atom stereocenters. The second-order valence-corrected chi connectivity index (χ2v) is 6.19. The zero-order valence-corrected chi connectivity index (χ0v) is 12.5. The molecule has 106 valence electrons. The number of hydrogen-bond donors (Lipinski definition) is 0. The molecule has 1 nitrogen and oxygen atoms in total. The van der Waals surface area contributed by atoms with Gasteiger partial charge in [-0.05, 0) is 37.9 Å². The Hall–Kier alpha value is -0.820. The number of nitrogens with zero attached hydrogens (tertiary/aromatic N) is 1. The second-order valence-electron chi connectivity index (χ2n) is 6.19. The number of likely N-dealkylation sites (N-methyl/N-ethyl adjacent to an activating group) is 1. The van der Waals surface area contributed by atoms with Crippen LogP contribution in [0.2, 0.25) is 0 Å². The first-order valence-electron chi connectivity index (χ1n) is 8.07. The molecule has 0 spiro atoms. The maximum absolute atomic E-state index is 2.51. The van der Waals surface area contributed by atoms with Crippen LogP contribution in [0, 0.1) is 5.92 Å². The first-order chi connectivity index (χ1) is 9.34. The molecule has 1 heteroatoms. The average molecular weight is 259 g/mol. The van der Waals surface area contributed by atoms with Crippen LogP contribution in [0.15, 0.2) is 30.3 Å². The average Bonchev–Trinajstić information content (AvgIpc) is 2.73. The van der Waals surface area contributed by atoms with Gasteiger partial charge in [-0.15, -0.1) is 0 Å². The van der Waals surface area contributed by atoms with Crippen LogP contribution in [0.4, 0.5) is 0 Å². The van der Waals surface area contributed by atoms with Gasteiger partial charge in [-0.1, -0.05) is 68.9 Å². The number of benzene rings is 1. The van der Waals surface area contributed by atoms with E-state index in [-0.39, 0.29) is 0 Å². The van der Waals surface area contributed by atoms with Crippen molar-refractivity contribution in [3.05, 3.63) is 35.9 Å². The molecule has 0 amide bonds. The van der Waals surface area contributed by atoms with Gasteiger partial charge < -0.3 is 4.90 Å². The van der Waals surface area contributed by atoms with Gasteiger partial charge in [0.2, 0.25) is 0 Å². The van der Waals surface area contributed by atoms with Crippen molar-refractivity contribution in [3.63, 3.8) is 0 Å². The van der Waals surface area contributed by atoms with E-state index >= 15 is 0 Å². The van der Waals surface area contributed by atoms with Crippen molar-refractivity contribution in [2.75, 3.05) is 20.1 Å². The minimum atomic E-state index is 1.00. The lowest BCUT2D eigenvalue weighted by Crippen LogP contribution is -2.24. The molecule has 0 bridgehead atoms. The van der Waals surface area contributed by atoms with Gasteiger partial charge in [-0.3, -0.25) is 0 Å². The summed E-state index contributed by atoms with van der Waals surface area (Å²) in [5.41, 5.74) is 1.46. The summed E-state index contributed by atoms with van der Waals surface area (Å²) < 4.78 is 0. The molecule has 2 rings (SSSR count). The zero-order valence-electron chi connectivity index (χ0n) is 12.5. The first-order valence-corrected chi connectivity index (χ1v) is 8.07. The molecule has 0 aliphatic heterocycles. The number of hydrogen-bond acceptors (Lipinski definition) is 1. The summed E-state index contributed by atoms with van der Waals surface area (Å²) in [7, 11) is 2.28. The predicted molar refractivity (Wildman–Crippen MR) is 83.5 cm³/mol. The van der Waals surface area contributed by atoms with E-state index in [2.05, 4.69) is 42.3 Å². The predicted octanol–water partition coefficient (Wildman–Crippen LogP) is 4.52. The fraction of sp³-hybridized carbons (Fsp3) is 0.667. The molecule has 1 aliphatic carbocycles. The fourth-order valence-corrected chi connectivity index (χ4v) is 3.13. The topological polar surface area (TPSA) is 3.24 Å². The normalized spacial score (nSPS) is 17.6. The highest BCUT2D eigenvalue weighted by atomic mass is 15.1. The van der Waals surface area contributed by atoms with Gasteiger partial charge in [-0.25, -0.2) is 0 Å². The van der Waals surface area contributed by atoms with Crippen LogP contribution in [0.3, 0.4) is 0 Å². The fourth-order valence-electron chi connectivity index (χ4n) is 3.13. The summed E-state index contributed by atoms with van der Waals surface area (Å²) in [6.07, 6.45) is 11.4. The molecule has 1 fully saturated rings. The highest BCUT2D eigenvalue weighted by Gasteiger charge is 2.12. The third-order valence-corrected chi connectivity index (χ3v) is 4.52. The van der Waals surface area contributed by atoms with Crippen molar-refractivity contribution in [2.24, 2.45) is 5.92 Å². The van der Waals surface area contributed by atoms with Crippen LogP contribution >= 0.6 is 0 Å². The molecule has 0 radical (unpaired) electrons. The summed E-state index contributed by atoms with van der Waals surface area (Å²) >= 11 is 0. The second kappa shape index (κ2) is 8.37. The van der Waals surface area contributed by atoms with E-state index in [0.29, 0.717) is 0 Å². The van der Waals surface area contributed by atoms with Gasteiger partial charge in [0.15, 0.2) is 0 Å². The third kappa shape index (κ3) is 5.78. The summed E-state index contributed by atoms with van der Waals surface area (Å²) in [4.78, 5) is 2.51. The van der Waals surface area contributed by atoms with Crippen molar-refractivity contribution in [3.8, 4) is 0 Å². The molecule has 1 aromatic rings. The lowest BCUT2D eigenvalue weighted by Gasteiger charge is -2.20. The van der Waals surface area contributed by atoms with Gasteiger partial charge >= 0.3 is 0 Å². The van der Waals surface area contributed by atoms with E-state index in [1.54, 1.807) is 0 Å². The van der Waals surface area contributed by atoms with Gasteiger partial charge in [0, 0.05) is 6.54 Å². The molecule has 0 aromatic heterocycles. The highest BCUT2D eigenvalue weighted by molar-refractivity contribution is 5.14. The standard InChI is InChI=1S/C18H29N/c1-19(16-14-18-11-7-4-8-12-18)15-13-17-9-5-2-3-6-10-17/h4,7-8,11-12,17H,2-3,5-6,9-10,13-16H2,1H3. The molecule has 0 N–H and O–H groups in total. The Labute approximate surface area is 119 Å². The quantitative estimate of drug-likeness (QED) is 0.679. The molecule has 1 aromatic carbocycles. The van der Waals surface area contributed by atoms with Crippen molar-refractivity contribution < 1.29 is 0 Å². The highest BCUT2D eigenvalue weighted by Crippen LogP contribution is 2.25. The Morgan fingerprint density at radius 2 is 1.63 bits per heavy atom. The van der Waals surface area contributed by atoms with Crippen LogP contribution in [0.5, 0.6) is 0 Å². The SMILES string of the molecule is CN(CCc1ccccc1)CCC1CCCCCC1. The Bertz CT molecular complexity index is 325. The Morgan fingerprint density at radius 3 is 2.32 bits per heavy atom.